The summed E-state index contributed by atoms with van der Waals surface area (Å²) in [5, 5.41) is 7.54. The molecule has 0 radical (unpaired) electrons. The predicted octanol–water partition coefficient (Wildman–Crippen LogP) is 3.73. The lowest BCUT2D eigenvalue weighted by Crippen LogP contribution is -2.07. The number of nitrogens with one attached hydrogen (secondary N) is 1. The standard InChI is InChI=1S/C21H16FN7/c22-17-10-15(6-7-19(17)28-9-8-23-14-28)12-24-20-11-18(16-4-2-1-3-5-16)27-21-25-13-26-29(20)21/h1-11,13-14,24H,12H2. The molecular weight excluding hydrogens is 369 g/mol. The zero-order chi connectivity index (χ0) is 19.6. The van der Waals surface area contributed by atoms with Gasteiger partial charge in [0.1, 0.15) is 18.0 Å². The first-order valence-electron chi connectivity index (χ1n) is 9.05. The van der Waals surface area contributed by atoms with Crippen molar-refractivity contribution < 1.29 is 4.39 Å². The molecule has 0 saturated heterocycles. The first kappa shape index (κ1) is 17.1. The molecule has 5 rings (SSSR count). The third-order valence-corrected chi connectivity index (χ3v) is 4.59. The van der Waals surface area contributed by atoms with E-state index in [-0.39, 0.29) is 5.82 Å². The predicted molar refractivity (Wildman–Crippen MR) is 107 cm³/mol. The molecule has 0 bridgehead atoms. The van der Waals surface area contributed by atoms with Gasteiger partial charge in [-0.1, -0.05) is 36.4 Å². The molecule has 0 amide bonds. The van der Waals surface area contributed by atoms with Crippen LogP contribution in [0.4, 0.5) is 10.2 Å². The van der Waals surface area contributed by atoms with Crippen LogP contribution in [-0.4, -0.2) is 29.1 Å². The van der Waals surface area contributed by atoms with Gasteiger partial charge >= 0.3 is 0 Å². The SMILES string of the molecule is Fc1cc(CNc2cc(-c3ccccc3)nc3ncnn23)ccc1-n1ccnc1. The topological polar surface area (TPSA) is 72.9 Å². The molecule has 5 aromatic rings. The number of hydrogen-bond acceptors (Lipinski definition) is 5. The number of hydrogen-bond donors (Lipinski definition) is 1. The largest absolute Gasteiger partial charge is 0.366 e. The summed E-state index contributed by atoms with van der Waals surface area (Å²) in [4.78, 5) is 12.7. The molecule has 142 valence electrons. The summed E-state index contributed by atoms with van der Waals surface area (Å²) in [5.41, 5.74) is 3.03. The van der Waals surface area contributed by atoms with Crippen LogP contribution in [0.15, 0.2) is 79.6 Å². The Kier molecular flexibility index (Phi) is 4.21. The lowest BCUT2D eigenvalue weighted by Gasteiger charge is -2.11. The number of benzene rings is 2. The van der Waals surface area contributed by atoms with Crippen LogP contribution in [0.2, 0.25) is 0 Å². The smallest absolute Gasteiger partial charge is 0.254 e. The van der Waals surface area contributed by atoms with Crippen molar-refractivity contribution in [2.24, 2.45) is 0 Å². The summed E-state index contributed by atoms with van der Waals surface area (Å²) in [6, 6.07) is 16.9. The molecule has 3 aromatic heterocycles. The van der Waals surface area contributed by atoms with E-state index >= 15 is 0 Å². The van der Waals surface area contributed by atoms with E-state index in [0.29, 0.717) is 18.0 Å². The fraction of sp³-hybridized carbons (Fsp3) is 0.0476. The Balaban J connectivity index is 1.43. The van der Waals surface area contributed by atoms with Crippen molar-refractivity contribution in [2.75, 3.05) is 5.32 Å². The second-order valence-electron chi connectivity index (χ2n) is 6.47. The quantitative estimate of drug-likeness (QED) is 0.499. The zero-order valence-corrected chi connectivity index (χ0v) is 15.3. The van der Waals surface area contributed by atoms with Crippen LogP contribution in [0, 0.1) is 5.82 Å². The van der Waals surface area contributed by atoms with Gasteiger partial charge in [-0.25, -0.2) is 14.4 Å². The summed E-state index contributed by atoms with van der Waals surface area (Å²) in [6.45, 7) is 0.425. The summed E-state index contributed by atoms with van der Waals surface area (Å²) in [6.07, 6.45) is 6.35. The molecule has 29 heavy (non-hydrogen) atoms. The Morgan fingerprint density at radius 1 is 1.03 bits per heavy atom. The van der Waals surface area contributed by atoms with Crippen LogP contribution in [0.1, 0.15) is 5.56 Å². The molecule has 0 unspecified atom stereocenters. The summed E-state index contributed by atoms with van der Waals surface area (Å²) < 4.78 is 17.8. The average Bonchev–Trinajstić information content (AvgIpc) is 3.44. The number of nitrogens with zero attached hydrogens (tertiary/aromatic N) is 6. The lowest BCUT2D eigenvalue weighted by atomic mass is 10.1. The van der Waals surface area contributed by atoms with Crippen molar-refractivity contribution >= 4 is 11.6 Å². The van der Waals surface area contributed by atoms with Gasteiger partial charge in [0.15, 0.2) is 0 Å². The normalized spacial score (nSPS) is 11.1. The van der Waals surface area contributed by atoms with Crippen molar-refractivity contribution in [3.63, 3.8) is 0 Å². The Labute approximate surface area is 165 Å². The molecule has 0 atom stereocenters. The molecule has 7 nitrogen and oxygen atoms in total. The number of fused-ring (bicyclic) bond motifs is 1. The molecule has 0 saturated carbocycles. The van der Waals surface area contributed by atoms with E-state index in [1.54, 1.807) is 33.9 Å². The number of aromatic nitrogens is 6. The van der Waals surface area contributed by atoms with E-state index in [9.17, 15) is 4.39 Å². The van der Waals surface area contributed by atoms with Gasteiger partial charge in [0, 0.05) is 30.6 Å². The summed E-state index contributed by atoms with van der Waals surface area (Å²) in [7, 11) is 0. The fourth-order valence-electron chi connectivity index (χ4n) is 3.16. The Morgan fingerprint density at radius 3 is 2.72 bits per heavy atom. The van der Waals surface area contributed by atoms with Gasteiger partial charge in [0.05, 0.1) is 17.7 Å². The molecule has 0 fully saturated rings. The highest BCUT2D eigenvalue weighted by atomic mass is 19.1. The van der Waals surface area contributed by atoms with E-state index in [2.05, 4.69) is 25.4 Å². The van der Waals surface area contributed by atoms with E-state index in [1.807, 2.05) is 42.5 Å². The molecule has 0 aliphatic carbocycles. The molecule has 1 N–H and O–H groups in total. The van der Waals surface area contributed by atoms with Gasteiger partial charge in [-0.3, -0.25) is 0 Å². The number of anilines is 1. The molecule has 0 spiro atoms. The Hall–Kier alpha value is -4.07. The van der Waals surface area contributed by atoms with Crippen LogP contribution in [-0.2, 0) is 6.54 Å². The average molecular weight is 385 g/mol. The maximum atomic E-state index is 14.5. The first-order chi connectivity index (χ1) is 14.3. The first-order valence-corrected chi connectivity index (χ1v) is 9.05. The monoisotopic (exact) mass is 385 g/mol. The van der Waals surface area contributed by atoms with Crippen LogP contribution >= 0.6 is 0 Å². The fourth-order valence-corrected chi connectivity index (χ4v) is 3.16. The molecular formula is C21H16FN7. The van der Waals surface area contributed by atoms with Crippen molar-refractivity contribution in [2.45, 2.75) is 6.54 Å². The van der Waals surface area contributed by atoms with E-state index in [0.717, 1.165) is 22.6 Å². The maximum absolute atomic E-state index is 14.5. The van der Waals surface area contributed by atoms with Gasteiger partial charge in [-0.2, -0.15) is 14.6 Å². The second-order valence-corrected chi connectivity index (χ2v) is 6.47. The van der Waals surface area contributed by atoms with Crippen molar-refractivity contribution in [3.05, 3.63) is 91.0 Å². The molecule has 3 heterocycles. The minimum Gasteiger partial charge on any atom is -0.366 e. The van der Waals surface area contributed by atoms with E-state index < -0.39 is 0 Å². The van der Waals surface area contributed by atoms with Gasteiger partial charge < -0.3 is 9.88 Å². The Morgan fingerprint density at radius 2 is 1.93 bits per heavy atom. The summed E-state index contributed by atoms with van der Waals surface area (Å²) in [5.74, 6) is 0.911. The van der Waals surface area contributed by atoms with E-state index in [1.165, 1.54) is 12.4 Å². The number of rotatable bonds is 5. The second kappa shape index (κ2) is 7.16. The summed E-state index contributed by atoms with van der Waals surface area (Å²) >= 11 is 0. The zero-order valence-electron chi connectivity index (χ0n) is 15.3. The minimum atomic E-state index is -0.312. The van der Waals surface area contributed by atoms with Crippen LogP contribution < -0.4 is 5.32 Å². The van der Waals surface area contributed by atoms with Crippen LogP contribution in [0.25, 0.3) is 22.7 Å². The van der Waals surface area contributed by atoms with Crippen molar-refractivity contribution in [3.8, 4) is 16.9 Å². The molecule has 0 aliphatic heterocycles. The third kappa shape index (κ3) is 3.31. The van der Waals surface area contributed by atoms with Crippen LogP contribution in [0.5, 0.6) is 0 Å². The van der Waals surface area contributed by atoms with Crippen LogP contribution in [0.3, 0.4) is 0 Å². The highest BCUT2D eigenvalue weighted by molar-refractivity contribution is 5.65. The highest BCUT2D eigenvalue weighted by Gasteiger charge is 2.10. The highest BCUT2D eigenvalue weighted by Crippen LogP contribution is 2.22. The number of imidazole rings is 1. The number of halogens is 1. The van der Waals surface area contributed by atoms with Gasteiger partial charge in [-0.05, 0) is 17.7 Å². The third-order valence-electron chi connectivity index (χ3n) is 4.59. The molecule has 0 aliphatic rings. The minimum absolute atomic E-state index is 0.312. The van der Waals surface area contributed by atoms with Gasteiger partial charge in [0.25, 0.3) is 5.78 Å². The molecule has 8 heteroatoms. The van der Waals surface area contributed by atoms with Crippen molar-refractivity contribution in [1.29, 1.82) is 0 Å². The maximum Gasteiger partial charge on any atom is 0.254 e. The van der Waals surface area contributed by atoms with Crippen molar-refractivity contribution in [1.82, 2.24) is 29.1 Å². The van der Waals surface area contributed by atoms with Gasteiger partial charge in [-0.15, -0.1) is 0 Å². The lowest BCUT2D eigenvalue weighted by molar-refractivity contribution is 0.616. The molecule has 2 aromatic carbocycles. The van der Waals surface area contributed by atoms with Gasteiger partial charge in [0.2, 0.25) is 0 Å². The Bertz CT molecular complexity index is 1260. The van der Waals surface area contributed by atoms with E-state index in [4.69, 9.17) is 0 Å².